The van der Waals surface area contributed by atoms with E-state index in [0.717, 1.165) is 18.5 Å². The lowest BCUT2D eigenvalue weighted by atomic mass is 10.1. The lowest BCUT2D eigenvalue weighted by Crippen LogP contribution is -2.31. The fourth-order valence-corrected chi connectivity index (χ4v) is 2.50. The topological polar surface area (TPSA) is 63.2 Å². The molecule has 1 unspecified atom stereocenters. The molecule has 2 heterocycles. The minimum atomic E-state index is -0.373. The van der Waals surface area contributed by atoms with Gasteiger partial charge in [0.05, 0.1) is 5.92 Å². The molecule has 2 N–H and O–H groups in total. The molecule has 2 aromatic rings. The molecular formula is C17H20Cl2FN3O2. The number of aromatic nitrogens is 1. The molecule has 1 aromatic heterocycles. The molecule has 0 saturated carbocycles. The fourth-order valence-electron chi connectivity index (χ4n) is 2.50. The van der Waals surface area contributed by atoms with Crippen LogP contribution in [0.1, 0.15) is 12.0 Å². The van der Waals surface area contributed by atoms with Crippen molar-refractivity contribution in [3.63, 3.8) is 0 Å². The van der Waals surface area contributed by atoms with Crippen LogP contribution in [0.15, 0.2) is 42.6 Å². The Morgan fingerprint density at radius 3 is 2.88 bits per heavy atom. The number of hydrogen-bond acceptors (Lipinski definition) is 4. The van der Waals surface area contributed by atoms with Gasteiger partial charge < -0.3 is 15.4 Å². The number of pyridine rings is 1. The van der Waals surface area contributed by atoms with Crippen LogP contribution < -0.4 is 15.4 Å². The van der Waals surface area contributed by atoms with Gasteiger partial charge in [0.1, 0.15) is 11.6 Å². The van der Waals surface area contributed by atoms with Gasteiger partial charge in [-0.25, -0.2) is 9.37 Å². The van der Waals surface area contributed by atoms with Gasteiger partial charge >= 0.3 is 0 Å². The summed E-state index contributed by atoms with van der Waals surface area (Å²) in [6, 6.07) is 9.47. The van der Waals surface area contributed by atoms with Crippen molar-refractivity contribution < 1.29 is 13.9 Å². The summed E-state index contributed by atoms with van der Waals surface area (Å²) in [5, 5.41) is 6.07. The first kappa shape index (κ1) is 21.2. The van der Waals surface area contributed by atoms with Crippen LogP contribution in [0.25, 0.3) is 0 Å². The molecule has 8 heteroatoms. The average molecular weight is 388 g/mol. The van der Waals surface area contributed by atoms with Crippen LogP contribution in [0.3, 0.4) is 0 Å². The summed E-state index contributed by atoms with van der Waals surface area (Å²) in [5.74, 6) is 0.399. The Labute approximate surface area is 158 Å². The smallest absolute Gasteiger partial charge is 0.224 e. The highest BCUT2D eigenvalue weighted by atomic mass is 35.5. The van der Waals surface area contributed by atoms with E-state index in [1.54, 1.807) is 24.4 Å². The van der Waals surface area contributed by atoms with Crippen LogP contribution in [0.5, 0.6) is 11.6 Å². The lowest BCUT2D eigenvalue weighted by molar-refractivity contribution is -0.124. The van der Waals surface area contributed by atoms with Gasteiger partial charge in [-0.05, 0) is 31.2 Å². The van der Waals surface area contributed by atoms with E-state index < -0.39 is 0 Å². The number of carbonyl (C=O) groups is 1. The van der Waals surface area contributed by atoms with Crippen LogP contribution in [0, 0.1) is 11.7 Å². The SMILES string of the molecule is Cl.Cl.O=C(NCc1cccnc1Oc1cccc(F)c1)C1CCNC1. The number of halogens is 3. The van der Waals surface area contributed by atoms with Gasteiger partial charge in [-0.2, -0.15) is 0 Å². The van der Waals surface area contributed by atoms with Gasteiger partial charge in [0.15, 0.2) is 0 Å². The average Bonchev–Trinajstić information content (AvgIpc) is 3.08. The van der Waals surface area contributed by atoms with Crippen molar-refractivity contribution in [2.45, 2.75) is 13.0 Å². The molecule has 0 bridgehead atoms. The van der Waals surface area contributed by atoms with Crippen LogP contribution in [0.4, 0.5) is 4.39 Å². The maximum atomic E-state index is 13.2. The maximum absolute atomic E-state index is 13.2. The van der Waals surface area contributed by atoms with Crippen LogP contribution >= 0.6 is 24.8 Å². The highest BCUT2D eigenvalue weighted by Crippen LogP contribution is 2.23. The van der Waals surface area contributed by atoms with E-state index in [1.807, 2.05) is 6.07 Å². The van der Waals surface area contributed by atoms with E-state index in [2.05, 4.69) is 15.6 Å². The molecular weight excluding hydrogens is 368 g/mol. The maximum Gasteiger partial charge on any atom is 0.224 e. The molecule has 3 rings (SSSR count). The third-order valence-corrected chi connectivity index (χ3v) is 3.74. The third kappa shape index (κ3) is 5.85. The van der Waals surface area contributed by atoms with Crippen LogP contribution in [-0.4, -0.2) is 24.0 Å². The molecule has 1 amide bonds. The summed E-state index contributed by atoms with van der Waals surface area (Å²) < 4.78 is 18.9. The first-order chi connectivity index (χ1) is 11.2. The van der Waals surface area contributed by atoms with E-state index in [9.17, 15) is 9.18 Å². The minimum Gasteiger partial charge on any atom is -0.439 e. The van der Waals surface area contributed by atoms with E-state index >= 15 is 0 Å². The zero-order chi connectivity index (χ0) is 16.1. The largest absolute Gasteiger partial charge is 0.439 e. The second kappa shape index (κ2) is 10.2. The van der Waals surface area contributed by atoms with Crippen molar-refractivity contribution >= 4 is 30.7 Å². The zero-order valence-electron chi connectivity index (χ0n) is 13.4. The number of amides is 1. The monoisotopic (exact) mass is 387 g/mol. The molecule has 1 aliphatic heterocycles. The molecule has 25 heavy (non-hydrogen) atoms. The molecule has 5 nitrogen and oxygen atoms in total. The van der Waals surface area contributed by atoms with Gasteiger partial charge in [0.25, 0.3) is 0 Å². The molecule has 1 atom stereocenters. The lowest BCUT2D eigenvalue weighted by Gasteiger charge is -2.12. The Hall–Kier alpha value is -1.89. The van der Waals surface area contributed by atoms with E-state index in [4.69, 9.17) is 4.74 Å². The van der Waals surface area contributed by atoms with Crippen molar-refractivity contribution in [3.05, 3.63) is 54.0 Å². The summed E-state index contributed by atoms with van der Waals surface area (Å²) in [6.45, 7) is 1.91. The molecule has 136 valence electrons. The molecule has 0 radical (unpaired) electrons. The number of ether oxygens (including phenoxy) is 1. The van der Waals surface area contributed by atoms with Crippen LogP contribution in [-0.2, 0) is 11.3 Å². The number of hydrogen-bond donors (Lipinski definition) is 2. The standard InChI is InChI=1S/C17H18FN3O2.2ClH/c18-14-4-1-5-15(9-14)23-17-13(3-2-7-20-17)11-21-16(22)12-6-8-19-10-12;;/h1-5,7,9,12,19H,6,8,10-11H2,(H,21,22);2*1H. The number of nitrogens with one attached hydrogen (secondary N) is 2. The zero-order valence-corrected chi connectivity index (χ0v) is 15.0. The number of nitrogens with zero attached hydrogens (tertiary/aromatic N) is 1. The highest BCUT2D eigenvalue weighted by molar-refractivity contribution is 5.85. The van der Waals surface area contributed by atoms with Crippen molar-refractivity contribution in [2.75, 3.05) is 13.1 Å². The normalized spacial score (nSPS) is 15.6. The summed E-state index contributed by atoms with van der Waals surface area (Å²) in [6.07, 6.45) is 2.45. The second-order valence-corrected chi connectivity index (χ2v) is 5.43. The number of rotatable bonds is 5. The Morgan fingerprint density at radius 2 is 2.16 bits per heavy atom. The molecule has 1 aromatic carbocycles. The molecule has 1 fully saturated rings. The molecule has 0 aliphatic carbocycles. The summed E-state index contributed by atoms with van der Waals surface area (Å²) >= 11 is 0. The predicted octanol–water partition coefficient (Wildman–Crippen LogP) is 3.08. The quantitative estimate of drug-likeness (QED) is 0.827. The van der Waals surface area contributed by atoms with Crippen molar-refractivity contribution in [3.8, 4) is 11.6 Å². The minimum absolute atomic E-state index is 0. The Bertz CT molecular complexity index is 697. The molecule has 1 saturated heterocycles. The first-order valence-corrected chi connectivity index (χ1v) is 7.58. The summed E-state index contributed by atoms with van der Waals surface area (Å²) in [5.41, 5.74) is 0.746. The van der Waals surface area contributed by atoms with E-state index in [-0.39, 0.29) is 42.5 Å². The van der Waals surface area contributed by atoms with Crippen molar-refractivity contribution in [2.24, 2.45) is 5.92 Å². The van der Waals surface area contributed by atoms with Gasteiger partial charge in [-0.15, -0.1) is 24.8 Å². The summed E-state index contributed by atoms with van der Waals surface area (Å²) in [4.78, 5) is 16.2. The van der Waals surface area contributed by atoms with E-state index in [1.165, 1.54) is 12.1 Å². The second-order valence-electron chi connectivity index (χ2n) is 5.43. The molecule has 1 aliphatic rings. The Balaban J connectivity index is 0.00000156. The van der Waals surface area contributed by atoms with Gasteiger partial charge in [0, 0.05) is 30.9 Å². The Kier molecular flexibility index (Phi) is 8.61. The predicted molar refractivity (Wildman–Crippen MR) is 98.0 cm³/mol. The van der Waals surface area contributed by atoms with E-state index in [0.29, 0.717) is 24.7 Å². The highest BCUT2D eigenvalue weighted by Gasteiger charge is 2.22. The van der Waals surface area contributed by atoms with Gasteiger partial charge in [-0.1, -0.05) is 12.1 Å². The van der Waals surface area contributed by atoms with Gasteiger partial charge in [-0.3, -0.25) is 4.79 Å². The van der Waals surface area contributed by atoms with Crippen molar-refractivity contribution in [1.82, 2.24) is 15.6 Å². The third-order valence-electron chi connectivity index (χ3n) is 3.74. The van der Waals surface area contributed by atoms with Gasteiger partial charge in [0.2, 0.25) is 11.8 Å². The van der Waals surface area contributed by atoms with Crippen molar-refractivity contribution in [1.29, 1.82) is 0 Å². The number of carbonyl (C=O) groups excluding carboxylic acids is 1. The number of benzene rings is 1. The summed E-state index contributed by atoms with van der Waals surface area (Å²) in [7, 11) is 0. The molecule has 0 spiro atoms. The fraction of sp³-hybridized carbons (Fsp3) is 0.294. The Morgan fingerprint density at radius 1 is 1.32 bits per heavy atom. The van der Waals surface area contributed by atoms with Crippen LogP contribution in [0.2, 0.25) is 0 Å². The first-order valence-electron chi connectivity index (χ1n) is 7.58.